The molecule has 1 rings (SSSR count). The molecule has 0 bridgehead atoms. The SMILES string of the molecule is COP(C)(=O)OCC(O)CCc1cc(C(C)(C)C)c(O)c(C(C)(C)C)c1. The van der Waals surface area contributed by atoms with Crippen LogP contribution in [0.1, 0.15) is 64.7 Å². The lowest BCUT2D eigenvalue weighted by Gasteiger charge is -2.28. The first-order valence-electron chi connectivity index (χ1n) is 9.00. The first kappa shape index (κ1) is 23.2. The molecule has 26 heavy (non-hydrogen) atoms. The van der Waals surface area contributed by atoms with Crippen molar-refractivity contribution in [2.75, 3.05) is 20.4 Å². The predicted octanol–water partition coefficient (Wildman–Crippen LogP) is 4.77. The minimum Gasteiger partial charge on any atom is -0.507 e. The summed E-state index contributed by atoms with van der Waals surface area (Å²) in [5.74, 6) is 0.352. The Balaban J connectivity index is 2.98. The zero-order valence-corrected chi connectivity index (χ0v) is 18.3. The van der Waals surface area contributed by atoms with Gasteiger partial charge in [-0.05, 0) is 40.4 Å². The maximum absolute atomic E-state index is 11.7. The Bertz CT molecular complexity index is 620. The normalized spacial score (nSPS) is 16.3. The van der Waals surface area contributed by atoms with Crippen molar-refractivity contribution >= 4 is 7.60 Å². The number of aliphatic hydroxyl groups excluding tert-OH is 1. The molecule has 0 aliphatic rings. The maximum atomic E-state index is 11.7. The third-order valence-electron chi connectivity index (χ3n) is 4.39. The monoisotopic (exact) mass is 386 g/mol. The minimum atomic E-state index is -3.08. The van der Waals surface area contributed by atoms with Gasteiger partial charge in [-0.2, -0.15) is 0 Å². The highest BCUT2D eigenvalue weighted by atomic mass is 31.2. The van der Waals surface area contributed by atoms with Crippen molar-refractivity contribution < 1.29 is 23.8 Å². The molecule has 1 aromatic rings. The van der Waals surface area contributed by atoms with Crippen molar-refractivity contribution in [1.29, 1.82) is 0 Å². The third-order valence-corrected chi connectivity index (χ3v) is 5.67. The lowest BCUT2D eigenvalue weighted by Crippen LogP contribution is -2.19. The van der Waals surface area contributed by atoms with Crippen LogP contribution in [0.4, 0.5) is 0 Å². The zero-order chi connectivity index (χ0) is 20.3. The Kier molecular flexibility index (Phi) is 7.51. The Morgan fingerprint density at radius 1 is 1.08 bits per heavy atom. The molecular formula is C20H35O5P. The fraction of sp³-hybridized carbons (Fsp3) is 0.700. The van der Waals surface area contributed by atoms with Crippen LogP contribution in [0.5, 0.6) is 5.75 Å². The molecule has 0 aromatic heterocycles. The van der Waals surface area contributed by atoms with Gasteiger partial charge in [-0.15, -0.1) is 0 Å². The van der Waals surface area contributed by atoms with Crippen LogP contribution in [-0.4, -0.2) is 36.7 Å². The highest BCUT2D eigenvalue weighted by Gasteiger charge is 2.26. The van der Waals surface area contributed by atoms with E-state index in [4.69, 9.17) is 9.05 Å². The fourth-order valence-corrected chi connectivity index (χ4v) is 3.22. The molecule has 0 aliphatic heterocycles. The van der Waals surface area contributed by atoms with Gasteiger partial charge in [0, 0.05) is 13.8 Å². The number of aliphatic hydroxyl groups is 1. The second-order valence-corrected chi connectivity index (χ2v) is 11.1. The van der Waals surface area contributed by atoms with E-state index < -0.39 is 13.7 Å². The molecule has 0 saturated carbocycles. The summed E-state index contributed by atoms with van der Waals surface area (Å²) >= 11 is 0. The van der Waals surface area contributed by atoms with Gasteiger partial charge >= 0.3 is 7.60 Å². The minimum absolute atomic E-state index is 0.0298. The highest BCUT2D eigenvalue weighted by Crippen LogP contribution is 2.43. The molecule has 0 radical (unpaired) electrons. The lowest BCUT2D eigenvalue weighted by atomic mass is 9.78. The average molecular weight is 386 g/mol. The topological polar surface area (TPSA) is 76.0 Å². The average Bonchev–Trinajstić information content (AvgIpc) is 2.49. The van der Waals surface area contributed by atoms with E-state index in [1.165, 1.54) is 13.8 Å². The molecule has 150 valence electrons. The second-order valence-electron chi connectivity index (χ2n) is 8.98. The van der Waals surface area contributed by atoms with Crippen molar-refractivity contribution in [3.05, 3.63) is 28.8 Å². The first-order chi connectivity index (χ1) is 11.7. The number of hydrogen-bond donors (Lipinski definition) is 2. The van der Waals surface area contributed by atoms with Crippen molar-refractivity contribution in [1.82, 2.24) is 0 Å². The number of phenolic OH excluding ortho intramolecular Hbond substituents is 1. The second kappa shape index (κ2) is 8.43. The Labute approximate surface area is 158 Å². The van der Waals surface area contributed by atoms with Crippen molar-refractivity contribution in [3.63, 3.8) is 0 Å². The molecule has 0 saturated heterocycles. The summed E-state index contributed by atoms with van der Waals surface area (Å²) in [6.45, 7) is 13.8. The molecule has 2 unspecified atom stereocenters. The van der Waals surface area contributed by atoms with Gasteiger partial charge in [0.05, 0.1) is 12.7 Å². The smallest absolute Gasteiger partial charge is 0.327 e. The van der Waals surface area contributed by atoms with Gasteiger partial charge in [-0.3, -0.25) is 4.57 Å². The van der Waals surface area contributed by atoms with Gasteiger partial charge in [0.15, 0.2) is 0 Å². The molecule has 0 amide bonds. The molecular weight excluding hydrogens is 351 g/mol. The molecule has 6 heteroatoms. The maximum Gasteiger partial charge on any atom is 0.327 e. The number of hydrogen-bond acceptors (Lipinski definition) is 5. The van der Waals surface area contributed by atoms with Crippen LogP contribution in [0.15, 0.2) is 12.1 Å². The van der Waals surface area contributed by atoms with E-state index >= 15 is 0 Å². The summed E-state index contributed by atoms with van der Waals surface area (Å²) in [5.41, 5.74) is 2.50. The summed E-state index contributed by atoms with van der Waals surface area (Å²) in [6.07, 6.45) is 0.378. The van der Waals surface area contributed by atoms with Crippen LogP contribution in [0.3, 0.4) is 0 Å². The van der Waals surface area contributed by atoms with E-state index in [1.54, 1.807) is 0 Å². The Hall–Kier alpha value is -0.870. The van der Waals surface area contributed by atoms with Crippen LogP contribution >= 0.6 is 7.60 Å². The molecule has 0 heterocycles. The summed E-state index contributed by atoms with van der Waals surface area (Å²) in [4.78, 5) is 0. The first-order valence-corrected chi connectivity index (χ1v) is 11.0. The molecule has 1 aromatic carbocycles. The summed E-state index contributed by atoms with van der Waals surface area (Å²) in [6, 6.07) is 4.02. The standard InChI is InChI=1S/C20H35O5P/c1-19(2,3)16-11-14(12-17(18(16)22)20(4,5)6)9-10-15(21)13-25-26(8,23)24-7/h11-12,15,21-22H,9-10,13H2,1-8H3. The predicted molar refractivity (Wildman–Crippen MR) is 106 cm³/mol. The number of phenols is 1. The van der Waals surface area contributed by atoms with Crippen molar-refractivity contribution in [3.8, 4) is 5.75 Å². The van der Waals surface area contributed by atoms with E-state index in [0.29, 0.717) is 18.6 Å². The van der Waals surface area contributed by atoms with Crippen molar-refractivity contribution in [2.24, 2.45) is 0 Å². The molecule has 0 fully saturated rings. The van der Waals surface area contributed by atoms with E-state index in [-0.39, 0.29) is 17.4 Å². The number of benzene rings is 1. The van der Waals surface area contributed by atoms with Gasteiger partial charge in [0.1, 0.15) is 5.75 Å². The van der Waals surface area contributed by atoms with Crippen LogP contribution in [-0.2, 0) is 30.9 Å². The van der Waals surface area contributed by atoms with E-state index in [9.17, 15) is 14.8 Å². The summed E-state index contributed by atoms with van der Waals surface area (Å²) < 4.78 is 21.6. The quantitative estimate of drug-likeness (QED) is 0.661. The highest BCUT2D eigenvalue weighted by molar-refractivity contribution is 7.52. The van der Waals surface area contributed by atoms with E-state index in [1.807, 2.05) is 12.1 Å². The molecule has 2 N–H and O–H groups in total. The van der Waals surface area contributed by atoms with Gasteiger partial charge in [-0.1, -0.05) is 53.7 Å². The zero-order valence-electron chi connectivity index (χ0n) is 17.4. The molecule has 0 spiro atoms. The Morgan fingerprint density at radius 2 is 1.54 bits per heavy atom. The van der Waals surface area contributed by atoms with Crippen LogP contribution in [0, 0.1) is 0 Å². The van der Waals surface area contributed by atoms with Crippen LogP contribution < -0.4 is 0 Å². The van der Waals surface area contributed by atoms with Gasteiger partial charge in [0.25, 0.3) is 0 Å². The lowest BCUT2D eigenvalue weighted by molar-refractivity contribution is 0.0911. The van der Waals surface area contributed by atoms with E-state index in [2.05, 4.69) is 41.5 Å². The number of rotatable bonds is 7. The number of aryl methyl sites for hydroxylation is 1. The molecule has 0 aliphatic carbocycles. The molecule has 2 atom stereocenters. The van der Waals surface area contributed by atoms with E-state index in [0.717, 1.165) is 16.7 Å². The third kappa shape index (κ3) is 6.70. The van der Waals surface area contributed by atoms with Crippen molar-refractivity contribution in [2.45, 2.75) is 71.3 Å². The summed E-state index contributed by atoms with van der Waals surface area (Å²) in [5, 5.41) is 20.9. The largest absolute Gasteiger partial charge is 0.507 e. The van der Waals surface area contributed by atoms with Gasteiger partial charge < -0.3 is 19.3 Å². The fourth-order valence-electron chi connectivity index (χ4n) is 2.67. The van der Waals surface area contributed by atoms with Crippen LogP contribution in [0.25, 0.3) is 0 Å². The summed E-state index contributed by atoms with van der Waals surface area (Å²) in [7, 11) is -1.76. The van der Waals surface area contributed by atoms with Crippen LogP contribution in [0.2, 0.25) is 0 Å². The molecule has 5 nitrogen and oxygen atoms in total. The van der Waals surface area contributed by atoms with Gasteiger partial charge in [0.2, 0.25) is 0 Å². The Morgan fingerprint density at radius 3 is 1.92 bits per heavy atom. The number of aromatic hydroxyl groups is 1. The van der Waals surface area contributed by atoms with Gasteiger partial charge in [-0.25, -0.2) is 0 Å².